The van der Waals surface area contributed by atoms with Crippen LogP contribution in [0.25, 0.3) is 33.4 Å². The van der Waals surface area contributed by atoms with Crippen LogP contribution in [-0.2, 0) is 49.4 Å². The van der Waals surface area contributed by atoms with Crippen molar-refractivity contribution in [3.63, 3.8) is 0 Å². The Morgan fingerprint density at radius 2 is 0.870 bits per heavy atom. The second-order valence-electron chi connectivity index (χ2n) is 21.5. The fourth-order valence-corrected chi connectivity index (χ4v) is 13.1. The molecule has 0 spiro atoms. The minimum atomic E-state index is -0.104. The molecule has 0 heterocycles. The molecule has 344 valence electrons. The first kappa shape index (κ1) is 43.8. The highest BCUT2D eigenvalue weighted by atomic mass is 15.1. The lowest BCUT2D eigenvalue weighted by atomic mass is 9.70. The van der Waals surface area contributed by atoms with E-state index in [1.165, 1.54) is 175 Å². The van der Waals surface area contributed by atoms with Gasteiger partial charge in [0.1, 0.15) is 0 Å². The summed E-state index contributed by atoms with van der Waals surface area (Å²) in [6.45, 7) is 4.80. The molecule has 0 saturated heterocycles. The SMILES string of the molecule is CC1(C)c2ccccc2-c2ccc(N(c3ccc4c(c3)-c3ccccc3C4(CCCCCCc3ccc4c(c3)CC4)CCCCCCc3ccc4c(c3)CC4)c3ccccc3-c3ccccc3)cc21. The summed E-state index contributed by atoms with van der Waals surface area (Å²) < 4.78 is 0. The predicted molar refractivity (Wildman–Crippen MR) is 292 cm³/mol. The van der Waals surface area contributed by atoms with Crippen molar-refractivity contribution in [1.29, 1.82) is 0 Å². The number of hydrogen-bond acceptors (Lipinski definition) is 1. The van der Waals surface area contributed by atoms with Crippen LogP contribution < -0.4 is 4.90 Å². The van der Waals surface area contributed by atoms with Gasteiger partial charge in [-0.25, -0.2) is 0 Å². The molecule has 0 fully saturated rings. The van der Waals surface area contributed by atoms with Crippen LogP contribution in [0.5, 0.6) is 0 Å². The van der Waals surface area contributed by atoms with Crippen molar-refractivity contribution in [2.75, 3.05) is 4.90 Å². The number of hydrogen-bond donors (Lipinski definition) is 0. The maximum absolute atomic E-state index is 2.56. The van der Waals surface area contributed by atoms with E-state index in [0.717, 1.165) is 0 Å². The van der Waals surface area contributed by atoms with Gasteiger partial charge in [0.2, 0.25) is 0 Å². The normalized spacial score (nSPS) is 14.9. The average Bonchev–Trinajstić information content (AvgIpc) is 3.77. The Balaban J connectivity index is 0.881. The highest BCUT2D eigenvalue weighted by Crippen LogP contribution is 2.57. The van der Waals surface area contributed by atoms with Crippen molar-refractivity contribution >= 4 is 17.1 Å². The zero-order valence-electron chi connectivity index (χ0n) is 41.0. The van der Waals surface area contributed by atoms with Gasteiger partial charge < -0.3 is 4.90 Å². The molecule has 12 rings (SSSR count). The van der Waals surface area contributed by atoms with Gasteiger partial charge in [-0.2, -0.15) is 0 Å². The highest BCUT2D eigenvalue weighted by molar-refractivity contribution is 5.93. The lowest BCUT2D eigenvalue weighted by molar-refractivity contribution is 0.399. The van der Waals surface area contributed by atoms with Crippen molar-refractivity contribution in [2.45, 2.75) is 127 Å². The van der Waals surface area contributed by atoms with Crippen LogP contribution in [0.3, 0.4) is 0 Å². The van der Waals surface area contributed by atoms with Crippen LogP contribution in [0.15, 0.2) is 176 Å². The molecule has 69 heavy (non-hydrogen) atoms. The molecule has 0 unspecified atom stereocenters. The Hall–Kier alpha value is -6.44. The zero-order chi connectivity index (χ0) is 46.4. The van der Waals surface area contributed by atoms with Gasteiger partial charge in [-0.15, -0.1) is 0 Å². The molecule has 4 aliphatic rings. The Kier molecular flexibility index (Phi) is 11.7. The monoisotopic (exact) mass is 898 g/mol. The van der Waals surface area contributed by atoms with Crippen LogP contribution in [0, 0.1) is 0 Å². The smallest absolute Gasteiger partial charge is 0.0540 e. The average molecular weight is 898 g/mol. The van der Waals surface area contributed by atoms with Crippen LogP contribution in [0.2, 0.25) is 0 Å². The zero-order valence-corrected chi connectivity index (χ0v) is 41.0. The van der Waals surface area contributed by atoms with Crippen molar-refractivity contribution < 1.29 is 0 Å². The lowest BCUT2D eigenvalue weighted by Gasteiger charge is -2.34. The van der Waals surface area contributed by atoms with Gasteiger partial charge in [-0.1, -0.05) is 198 Å². The summed E-state index contributed by atoms with van der Waals surface area (Å²) in [5.41, 5.74) is 26.8. The molecular formula is C68H67N. The van der Waals surface area contributed by atoms with Gasteiger partial charge in [0.25, 0.3) is 0 Å². The number of unbranched alkanes of at least 4 members (excludes halogenated alkanes) is 6. The van der Waals surface area contributed by atoms with Crippen LogP contribution in [-0.4, -0.2) is 0 Å². The van der Waals surface area contributed by atoms with Gasteiger partial charge in [0.05, 0.1) is 5.69 Å². The fourth-order valence-electron chi connectivity index (χ4n) is 13.1. The maximum atomic E-state index is 2.56. The number of fused-ring (bicyclic) bond motifs is 8. The third-order valence-corrected chi connectivity index (χ3v) is 17.1. The third-order valence-electron chi connectivity index (χ3n) is 17.1. The number of para-hydroxylation sites is 1. The maximum Gasteiger partial charge on any atom is 0.0540 e. The number of benzene rings is 8. The molecule has 1 nitrogen and oxygen atoms in total. The standard InChI is InChI=1S/C68H67N/c1-67(2)62-27-15-12-25-58(62)60-40-38-56(47-65(60)67)69(66-29-17-14-24-57(66)52-22-10-7-11-23-52)55-39-41-64-61(46-55)59-26-13-16-28-63(59)68(64,42-18-5-3-8-20-48-30-32-50-34-36-53(50)44-48)43-19-6-4-9-21-49-31-33-51-35-37-54(51)45-49/h7,10-17,22-33,38-41,44-47H,3-6,8-9,18-21,34-37,42-43H2,1-2H3. The number of aryl methyl sites for hydroxylation is 6. The van der Waals surface area contributed by atoms with Crippen molar-refractivity contribution in [2.24, 2.45) is 0 Å². The topological polar surface area (TPSA) is 3.24 Å². The molecule has 0 N–H and O–H groups in total. The van der Waals surface area contributed by atoms with Gasteiger partial charge in [-0.3, -0.25) is 0 Å². The summed E-state index contributed by atoms with van der Waals surface area (Å²) in [5.74, 6) is 0. The predicted octanol–water partition coefficient (Wildman–Crippen LogP) is 18.0. The second kappa shape index (κ2) is 18.5. The molecule has 4 aliphatic carbocycles. The second-order valence-corrected chi connectivity index (χ2v) is 21.5. The summed E-state index contributed by atoms with van der Waals surface area (Å²) in [7, 11) is 0. The van der Waals surface area contributed by atoms with E-state index < -0.39 is 0 Å². The van der Waals surface area contributed by atoms with Crippen molar-refractivity contribution in [1.82, 2.24) is 0 Å². The van der Waals surface area contributed by atoms with E-state index in [0.29, 0.717) is 0 Å². The highest BCUT2D eigenvalue weighted by Gasteiger charge is 2.43. The van der Waals surface area contributed by atoms with Crippen LogP contribution >= 0.6 is 0 Å². The Labute approximate surface area is 412 Å². The summed E-state index contributed by atoms with van der Waals surface area (Å²) in [5, 5.41) is 0. The van der Waals surface area contributed by atoms with E-state index in [1.54, 1.807) is 33.4 Å². The molecular weight excluding hydrogens is 831 g/mol. The van der Waals surface area contributed by atoms with E-state index in [1.807, 2.05) is 0 Å². The minimum Gasteiger partial charge on any atom is -0.310 e. The summed E-state index contributed by atoms with van der Waals surface area (Å²) in [6.07, 6.45) is 20.1. The van der Waals surface area contributed by atoms with Gasteiger partial charge in [-0.05, 0) is 178 Å². The van der Waals surface area contributed by atoms with Gasteiger partial charge >= 0.3 is 0 Å². The Morgan fingerprint density at radius 1 is 0.362 bits per heavy atom. The largest absolute Gasteiger partial charge is 0.310 e. The molecule has 0 aromatic heterocycles. The van der Waals surface area contributed by atoms with Crippen molar-refractivity contribution in [3.8, 4) is 33.4 Å². The summed E-state index contributed by atoms with van der Waals surface area (Å²) >= 11 is 0. The molecule has 0 radical (unpaired) electrons. The number of nitrogens with zero attached hydrogens (tertiary/aromatic N) is 1. The van der Waals surface area contributed by atoms with E-state index >= 15 is 0 Å². The molecule has 0 bridgehead atoms. The molecule has 1 heteroatoms. The fraction of sp³-hybridized carbons (Fsp3) is 0.294. The molecule has 0 saturated carbocycles. The molecule has 0 atom stereocenters. The van der Waals surface area contributed by atoms with Crippen LogP contribution in [0.1, 0.15) is 134 Å². The first-order valence-electron chi connectivity index (χ1n) is 26.6. The first-order chi connectivity index (χ1) is 33.9. The number of anilines is 3. The quantitative estimate of drug-likeness (QED) is 0.0776. The van der Waals surface area contributed by atoms with Gasteiger partial charge in [0, 0.05) is 27.8 Å². The Morgan fingerprint density at radius 3 is 1.51 bits per heavy atom. The van der Waals surface area contributed by atoms with E-state index in [2.05, 4.69) is 195 Å². The Bertz CT molecular complexity index is 3100. The summed E-state index contributed by atoms with van der Waals surface area (Å²) in [6, 6.07) is 67.9. The molecule has 0 aliphatic heterocycles. The molecule has 8 aromatic carbocycles. The molecule has 0 amide bonds. The third kappa shape index (κ3) is 8.06. The summed E-state index contributed by atoms with van der Waals surface area (Å²) in [4.78, 5) is 2.56. The van der Waals surface area contributed by atoms with Gasteiger partial charge in [0.15, 0.2) is 0 Å². The van der Waals surface area contributed by atoms with Crippen LogP contribution in [0.4, 0.5) is 17.1 Å². The number of rotatable bonds is 18. The minimum absolute atomic E-state index is 0.00404. The molecule has 8 aromatic rings. The lowest BCUT2D eigenvalue weighted by Crippen LogP contribution is -2.25. The van der Waals surface area contributed by atoms with E-state index in [4.69, 9.17) is 0 Å². The van der Waals surface area contributed by atoms with Crippen molar-refractivity contribution in [3.05, 3.63) is 232 Å². The van der Waals surface area contributed by atoms with E-state index in [-0.39, 0.29) is 10.8 Å². The first-order valence-corrected chi connectivity index (χ1v) is 26.6. The van der Waals surface area contributed by atoms with E-state index in [9.17, 15) is 0 Å².